The van der Waals surface area contributed by atoms with Crippen LogP contribution in [0.3, 0.4) is 0 Å². The number of piperidine rings is 1. The largest absolute Gasteiger partial charge is 0.445 e. The molecule has 1 fully saturated rings. The number of hydrogen-bond donors (Lipinski definition) is 0. The Balaban J connectivity index is 1.83. The third-order valence-corrected chi connectivity index (χ3v) is 3.96. The standard InChI is InChI=1S/C17H20N2O2/c1-2-8-17(14-18)9-11-19(12-10-17)16(20)21-13-15-6-4-3-5-7-15/h2-7H,1,8-13H2. The molecule has 1 heterocycles. The van der Waals surface area contributed by atoms with Gasteiger partial charge in [-0.15, -0.1) is 6.58 Å². The van der Waals surface area contributed by atoms with Gasteiger partial charge >= 0.3 is 6.09 Å². The maximum Gasteiger partial charge on any atom is 0.410 e. The van der Waals surface area contributed by atoms with E-state index in [0.29, 0.717) is 32.4 Å². The first-order chi connectivity index (χ1) is 10.2. The van der Waals surface area contributed by atoms with Crippen molar-refractivity contribution in [2.24, 2.45) is 5.41 Å². The quantitative estimate of drug-likeness (QED) is 0.795. The van der Waals surface area contributed by atoms with Crippen molar-refractivity contribution in [2.45, 2.75) is 25.9 Å². The van der Waals surface area contributed by atoms with Gasteiger partial charge in [-0.1, -0.05) is 36.4 Å². The Hall–Kier alpha value is -2.28. The molecule has 0 aromatic heterocycles. The smallest absolute Gasteiger partial charge is 0.410 e. The molecule has 0 spiro atoms. The van der Waals surface area contributed by atoms with Gasteiger partial charge in [-0.05, 0) is 24.8 Å². The van der Waals surface area contributed by atoms with Crippen molar-refractivity contribution in [2.75, 3.05) is 13.1 Å². The Morgan fingerprint density at radius 2 is 2.05 bits per heavy atom. The molecule has 1 aliphatic heterocycles. The van der Waals surface area contributed by atoms with Crippen LogP contribution in [0.1, 0.15) is 24.8 Å². The summed E-state index contributed by atoms with van der Waals surface area (Å²) in [5, 5.41) is 9.32. The normalized spacial score (nSPS) is 16.8. The fourth-order valence-electron chi connectivity index (χ4n) is 2.57. The number of amides is 1. The first kappa shape index (κ1) is 15.1. The lowest BCUT2D eigenvalue weighted by atomic mass is 9.77. The van der Waals surface area contributed by atoms with E-state index >= 15 is 0 Å². The zero-order valence-corrected chi connectivity index (χ0v) is 12.1. The minimum atomic E-state index is -0.363. The lowest BCUT2D eigenvalue weighted by Crippen LogP contribution is -2.42. The van der Waals surface area contributed by atoms with E-state index in [4.69, 9.17) is 4.74 Å². The highest BCUT2D eigenvalue weighted by molar-refractivity contribution is 5.67. The molecule has 1 aliphatic rings. The Bertz CT molecular complexity index is 525. The molecule has 110 valence electrons. The highest BCUT2D eigenvalue weighted by Crippen LogP contribution is 2.34. The SMILES string of the molecule is C=CCC1(C#N)CCN(C(=O)OCc2ccccc2)CC1. The number of likely N-dealkylation sites (tertiary alicyclic amines) is 1. The van der Waals surface area contributed by atoms with Gasteiger partial charge in [-0.3, -0.25) is 0 Å². The number of carbonyl (C=O) groups excluding carboxylic acids is 1. The summed E-state index contributed by atoms with van der Waals surface area (Å²) in [7, 11) is 0. The number of hydrogen-bond acceptors (Lipinski definition) is 3. The summed E-state index contributed by atoms with van der Waals surface area (Å²) in [6.07, 6.45) is 3.51. The van der Waals surface area contributed by atoms with E-state index in [1.807, 2.05) is 30.3 Å². The lowest BCUT2D eigenvalue weighted by molar-refractivity contribution is 0.0741. The summed E-state index contributed by atoms with van der Waals surface area (Å²) in [6, 6.07) is 12.0. The molecule has 0 saturated carbocycles. The van der Waals surface area contributed by atoms with Gasteiger partial charge in [0.1, 0.15) is 6.61 Å². The number of allylic oxidation sites excluding steroid dienone is 1. The number of benzene rings is 1. The van der Waals surface area contributed by atoms with Gasteiger partial charge in [0.15, 0.2) is 0 Å². The molecule has 4 heteroatoms. The molecule has 1 aromatic carbocycles. The van der Waals surface area contributed by atoms with E-state index in [-0.39, 0.29) is 18.1 Å². The van der Waals surface area contributed by atoms with E-state index in [2.05, 4.69) is 12.6 Å². The highest BCUT2D eigenvalue weighted by atomic mass is 16.6. The molecule has 0 atom stereocenters. The summed E-state index contributed by atoms with van der Waals surface area (Å²) in [5.41, 5.74) is 0.610. The van der Waals surface area contributed by atoms with Crippen LogP contribution in [0, 0.1) is 16.7 Å². The third-order valence-electron chi connectivity index (χ3n) is 3.96. The molecule has 0 aliphatic carbocycles. The van der Waals surface area contributed by atoms with Crippen molar-refractivity contribution in [3.63, 3.8) is 0 Å². The summed E-state index contributed by atoms with van der Waals surface area (Å²) in [4.78, 5) is 13.7. The fraction of sp³-hybridized carbons (Fsp3) is 0.412. The Labute approximate surface area is 125 Å². The molecule has 21 heavy (non-hydrogen) atoms. The second-order valence-electron chi connectivity index (χ2n) is 5.41. The maximum atomic E-state index is 12.0. The van der Waals surface area contributed by atoms with Crippen LogP contribution in [0.4, 0.5) is 4.79 Å². The highest BCUT2D eigenvalue weighted by Gasteiger charge is 2.35. The lowest BCUT2D eigenvalue weighted by Gasteiger charge is -2.36. The van der Waals surface area contributed by atoms with E-state index < -0.39 is 0 Å². The van der Waals surface area contributed by atoms with Gasteiger partial charge in [-0.2, -0.15) is 5.26 Å². The van der Waals surface area contributed by atoms with Gasteiger partial charge < -0.3 is 9.64 Å². The molecule has 4 nitrogen and oxygen atoms in total. The van der Waals surface area contributed by atoms with Gasteiger partial charge in [0, 0.05) is 13.1 Å². The molecule has 0 radical (unpaired) electrons. The maximum absolute atomic E-state index is 12.0. The molecular weight excluding hydrogens is 264 g/mol. The van der Waals surface area contributed by atoms with Crippen LogP contribution in [-0.2, 0) is 11.3 Å². The molecule has 2 rings (SSSR count). The Kier molecular flexibility index (Phi) is 4.99. The second kappa shape index (κ2) is 6.94. The van der Waals surface area contributed by atoms with Crippen molar-refractivity contribution in [1.29, 1.82) is 5.26 Å². The summed E-state index contributed by atoms with van der Waals surface area (Å²) in [5.74, 6) is 0. The average molecular weight is 284 g/mol. The molecular formula is C17H20N2O2. The van der Waals surface area contributed by atoms with Gasteiger partial charge in [0.25, 0.3) is 0 Å². The monoisotopic (exact) mass is 284 g/mol. The zero-order valence-electron chi connectivity index (χ0n) is 12.1. The number of ether oxygens (including phenoxy) is 1. The molecule has 1 aromatic rings. The van der Waals surface area contributed by atoms with Crippen molar-refractivity contribution in [3.8, 4) is 6.07 Å². The van der Waals surface area contributed by atoms with Crippen LogP contribution in [0.15, 0.2) is 43.0 Å². The van der Waals surface area contributed by atoms with E-state index in [9.17, 15) is 10.1 Å². The Morgan fingerprint density at radius 1 is 1.38 bits per heavy atom. The number of rotatable bonds is 4. The molecule has 1 saturated heterocycles. The van der Waals surface area contributed by atoms with E-state index in [1.54, 1.807) is 11.0 Å². The predicted molar refractivity (Wildman–Crippen MR) is 80.3 cm³/mol. The minimum Gasteiger partial charge on any atom is -0.445 e. The third kappa shape index (κ3) is 3.85. The predicted octanol–water partition coefficient (Wildman–Crippen LogP) is 3.51. The van der Waals surface area contributed by atoms with Crippen LogP contribution >= 0.6 is 0 Å². The fourth-order valence-corrected chi connectivity index (χ4v) is 2.57. The number of carbonyl (C=O) groups is 1. The van der Waals surface area contributed by atoms with Crippen LogP contribution in [0.5, 0.6) is 0 Å². The first-order valence-electron chi connectivity index (χ1n) is 7.17. The van der Waals surface area contributed by atoms with E-state index in [1.165, 1.54) is 0 Å². The van der Waals surface area contributed by atoms with Crippen LogP contribution < -0.4 is 0 Å². The van der Waals surface area contributed by atoms with Gasteiger partial charge in [0.2, 0.25) is 0 Å². The van der Waals surface area contributed by atoms with Crippen molar-refractivity contribution >= 4 is 6.09 Å². The molecule has 0 N–H and O–H groups in total. The van der Waals surface area contributed by atoms with E-state index in [0.717, 1.165) is 5.56 Å². The average Bonchev–Trinajstić information content (AvgIpc) is 2.54. The molecule has 0 bridgehead atoms. The van der Waals surface area contributed by atoms with Crippen LogP contribution in [-0.4, -0.2) is 24.1 Å². The van der Waals surface area contributed by atoms with Gasteiger partial charge in [-0.25, -0.2) is 4.79 Å². The Morgan fingerprint density at radius 3 is 2.62 bits per heavy atom. The first-order valence-corrected chi connectivity index (χ1v) is 7.17. The second-order valence-corrected chi connectivity index (χ2v) is 5.41. The summed E-state index contributed by atoms with van der Waals surface area (Å²) >= 11 is 0. The number of nitrogens with zero attached hydrogens (tertiary/aromatic N) is 2. The minimum absolute atomic E-state index is 0.284. The summed E-state index contributed by atoms with van der Waals surface area (Å²) in [6.45, 7) is 5.12. The van der Waals surface area contributed by atoms with Gasteiger partial charge in [0.05, 0.1) is 11.5 Å². The zero-order chi connectivity index (χ0) is 15.1. The topological polar surface area (TPSA) is 53.3 Å². The number of nitriles is 1. The summed E-state index contributed by atoms with van der Waals surface area (Å²) < 4.78 is 5.31. The van der Waals surface area contributed by atoms with Crippen LogP contribution in [0.2, 0.25) is 0 Å². The van der Waals surface area contributed by atoms with Crippen molar-refractivity contribution < 1.29 is 9.53 Å². The van der Waals surface area contributed by atoms with Crippen molar-refractivity contribution in [1.82, 2.24) is 4.90 Å². The molecule has 1 amide bonds. The van der Waals surface area contributed by atoms with Crippen LogP contribution in [0.25, 0.3) is 0 Å². The van der Waals surface area contributed by atoms with Crippen molar-refractivity contribution in [3.05, 3.63) is 48.6 Å². The molecule has 0 unspecified atom stereocenters.